The SMILES string of the molecule is COCCc1nn(C)c(N)c1-c1ccc(Cl)cc1. The van der Waals surface area contributed by atoms with E-state index in [-0.39, 0.29) is 0 Å². The lowest BCUT2D eigenvalue weighted by Gasteiger charge is -2.04. The number of aryl methyl sites for hydroxylation is 1. The minimum Gasteiger partial charge on any atom is -0.384 e. The summed E-state index contributed by atoms with van der Waals surface area (Å²) in [4.78, 5) is 0. The van der Waals surface area contributed by atoms with Crippen molar-refractivity contribution >= 4 is 17.4 Å². The van der Waals surface area contributed by atoms with E-state index in [1.807, 2.05) is 31.3 Å². The highest BCUT2D eigenvalue weighted by Crippen LogP contribution is 2.30. The third-order valence-electron chi connectivity index (χ3n) is 2.84. The molecule has 0 unspecified atom stereocenters. The molecule has 0 bridgehead atoms. The molecule has 18 heavy (non-hydrogen) atoms. The van der Waals surface area contributed by atoms with Gasteiger partial charge in [0.25, 0.3) is 0 Å². The van der Waals surface area contributed by atoms with Crippen molar-refractivity contribution in [3.05, 3.63) is 35.0 Å². The van der Waals surface area contributed by atoms with Crippen LogP contribution >= 0.6 is 11.6 Å². The lowest BCUT2D eigenvalue weighted by atomic mass is 10.0. The van der Waals surface area contributed by atoms with Crippen LogP contribution < -0.4 is 5.73 Å². The second-order valence-corrected chi connectivity index (χ2v) is 4.52. The largest absolute Gasteiger partial charge is 0.384 e. The monoisotopic (exact) mass is 265 g/mol. The van der Waals surface area contributed by atoms with Crippen molar-refractivity contribution in [3.63, 3.8) is 0 Å². The summed E-state index contributed by atoms with van der Waals surface area (Å²) >= 11 is 5.90. The Bertz CT molecular complexity index is 534. The highest BCUT2D eigenvalue weighted by atomic mass is 35.5. The van der Waals surface area contributed by atoms with Gasteiger partial charge in [-0.1, -0.05) is 23.7 Å². The lowest BCUT2D eigenvalue weighted by Crippen LogP contribution is -1.98. The number of anilines is 1. The zero-order valence-corrected chi connectivity index (χ0v) is 11.2. The maximum Gasteiger partial charge on any atom is 0.129 e. The summed E-state index contributed by atoms with van der Waals surface area (Å²) in [6, 6.07) is 7.60. The van der Waals surface area contributed by atoms with Crippen molar-refractivity contribution in [1.29, 1.82) is 0 Å². The van der Waals surface area contributed by atoms with Crippen LogP contribution in [0.25, 0.3) is 11.1 Å². The Balaban J connectivity index is 2.44. The first-order valence-corrected chi connectivity index (χ1v) is 6.07. The first-order chi connectivity index (χ1) is 8.63. The van der Waals surface area contributed by atoms with Crippen molar-refractivity contribution in [1.82, 2.24) is 9.78 Å². The number of nitrogens with zero attached hydrogens (tertiary/aromatic N) is 2. The number of halogens is 1. The minimum absolute atomic E-state index is 0.622. The van der Waals surface area contributed by atoms with Crippen LogP contribution in [0.15, 0.2) is 24.3 Å². The van der Waals surface area contributed by atoms with Gasteiger partial charge in [0, 0.05) is 31.2 Å². The number of ether oxygens (including phenoxy) is 1. The second kappa shape index (κ2) is 5.42. The minimum atomic E-state index is 0.622. The van der Waals surface area contributed by atoms with E-state index < -0.39 is 0 Å². The predicted molar refractivity (Wildman–Crippen MR) is 73.6 cm³/mol. The van der Waals surface area contributed by atoms with E-state index in [1.165, 1.54) is 0 Å². The van der Waals surface area contributed by atoms with Gasteiger partial charge >= 0.3 is 0 Å². The van der Waals surface area contributed by atoms with Crippen molar-refractivity contribution in [3.8, 4) is 11.1 Å². The molecule has 2 N–H and O–H groups in total. The van der Waals surface area contributed by atoms with E-state index in [1.54, 1.807) is 11.8 Å². The molecule has 0 saturated carbocycles. The summed E-state index contributed by atoms with van der Waals surface area (Å²) in [6.45, 7) is 0.622. The quantitative estimate of drug-likeness (QED) is 0.924. The molecule has 0 spiro atoms. The molecule has 0 radical (unpaired) electrons. The van der Waals surface area contributed by atoms with Crippen molar-refractivity contribution in [2.24, 2.45) is 7.05 Å². The Kier molecular flexibility index (Phi) is 3.89. The summed E-state index contributed by atoms with van der Waals surface area (Å²) in [5.41, 5.74) is 9.00. The van der Waals surface area contributed by atoms with Crippen molar-refractivity contribution < 1.29 is 4.74 Å². The molecule has 5 heteroatoms. The molecule has 0 amide bonds. The Hall–Kier alpha value is -1.52. The number of nitrogens with two attached hydrogens (primary N) is 1. The number of methoxy groups -OCH3 is 1. The molecule has 96 valence electrons. The zero-order chi connectivity index (χ0) is 13.1. The normalized spacial score (nSPS) is 10.8. The summed E-state index contributed by atoms with van der Waals surface area (Å²) < 4.78 is 6.78. The van der Waals surface area contributed by atoms with E-state index in [0.717, 1.165) is 23.2 Å². The number of rotatable bonds is 4. The van der Waals surface area contributed by atoms with Gasteiger partial charge in [0.1, 0.15) is 5.82 Å². The number of benzene rings is 1. The smallest absolute Gasteiger partial charge is 0.129 e. The number of hydrogen-bond donors (Lipinski definition) is 1. The number of hydrogen-bond acceptors (Lipinski definition) is 3. The fourth-order valence-electron chi connectivity index (χ4n) is 1.90. The van der Waals surface area contributed by atoms with Crippen LogP contribution in [-0.2, 0) is 18.2 Å². The predicted octanol–water partition coefficient (Wildman–Crippen LogP) is 2.51. The van der Waals surface area contributed by atoms with Crippen LogP contribution in [-0.4, -0.2) is 23.5 Å². The molecule has 2 rings (SSSR count). The van der Waals surface area contributed by atoms with Gasteiger partial charge in [0.05, 0.1) is 12.3 Å². The first kappa shape index (κ1) is 12.9. The molecule has 0 aliphatic heterocycles. The summed E-state index contributed by atoms with van der Waals surface area (Å²) in [7, 11) is 3.51. The number of nitrogen functional groups attached to an aromatic ring is 1. The van der Waals surface area contributed by atoms with Crippen LogP contribution in [0, 0.1) is 0 Å². The Morgan fingerprint density at radius 1 is 1.33 bits per heavy atom. The zero-order valence-electron chi connectivity index (χ0n) is 10.5. The van der Waals surface area contributed by atoms with Crippen LogP contribution in [0.5, 0.6) is 0 Å². The molecule has 0 atom stereocenters. The summed E-state index contributed by atoms with van der Waals surface area (Å²) in [6.07, 6.45) is 0.736. The summed E-state index contributed by atoms with van der Waals surface area (Å²) in [5.74, 6) is 0.656. The summed E-state index contributed by atoms with van der Waals surface area (Å²) in [5, 5.41) is 5.13. The second-order valence-electron chi connectivity index (χ2n) is 4.08. The molecule has 2 aromatic rings. The van der Waals surface area contributed by atoms with Gasteiger partial charge in [-0.15, -0.1) is 0 Å². The Morgan fingerprint density at radius 2 is 2.00 bits per heavy atom. The number of aromatic nitrogens is 2. The fraction of sp³-hybridized carbons (Fsp3) is 0.308. The maximum atomic E-state index is 6.07. The van der Waals surface area contributed by atoms with Gasteiger partial charge in [0.15, 0.2) is 0 Å². The van der Waals surface area contributed by atoms with Gasteiger partial charge in [-0.2, -0.15) is 5.10 Å². The van der Waals surface area contributed by atoms with E-state index in [4.69, 9.17) is 22.1 Å². The molecule has 0 fully saturated rings. The Labute approximate surface area is 111 Å². The topological polar surface area (TPSA) is 53.1 Å². The average Bonchev–Trinajstić information content (AvgIpc) is 2.64. The van der Waals surface area contributed by atoms with Crippen molar-refractivity contribution in [2.45, 2.75) is 6.42 Å². The third-order valence-corrected chi connectivity index (χ3v) is 3.09. The van der Waals surface area contributed by atoms with E-state index in [9.17, 15) is 0 Å². The average molecular weight is 266 g/mol. The van der Waals surface area contributed by atoms with Gasteiger partial charge in [-0.25, -0.2) is 0 Å². The molecule has 4 nitrogen and oxygen atoms in total. The Morgan fingerprint density at radius 3 is 2.61 bits per heavy atom. The molecule has 0 aliphatic carbocycles. The van der Waals surface area contributed by atoms with Crippen LogP contribution in [0.1, 0.15) is 5.69 Å². The van der Waals surface area contributed by atoms with Crippen LogP contribution in [0.4, 0.5) is 5.82 Å². The van der Waals surface area contributed by atoms with Crippen molar-refractivity contribution in [2.75, 3.05) is 19.5 Å². The molecule has 0 aliphatic rings. The molecule has 1 aromatic heterocycles. The molecule has 1 aromatic carbocycles. The van der Waals surface area contributed by atoms with E-state index in [0.29, 0.717) is 17.4 Å². The molecular formula is C13H16ClN3O. The maximum absolute atomic E-state index is 6.07. The highest BCUT2D eigenvalue weighted by molar-refractivity contribution is 6.30. The van der Waals surface area contributed by atoms with E-state index in [2.05, 4.69) is 5.10 Å². The molecule has 0 saturated heterocycles. The standard InChI is InChI=1S/C13H16ClN3O/c1-17-13(15)12(11(16-17)7-8-18-2)9-3-5-10(14)6-4-9/h3-6H,7-8,15H2,1-2H3. The van der Waals surface area contributed by atoms with Gasteiger partial charge in [-0.3, -0.25) is 4.68 Å². The molecular weight excluding hydrogens is 250 g/mol. The van der Waals surface area contributed by atoms with E-state index >= 15 is 0 Å². The van der Waals surface area contributed by atoms with Crippen LogP contribution in [0.3, 0.4) is 0 Å². The fourth-order valence-corrected chi connectivity index (χ4v) is 2.03. The third kappa shape index (κ3) is 2.49. The lowest BCUT2D eigenvalue weighted by molar-refractivity contribution is 0.201. The van der Waals surface area contributed by atoms with Crippen LogP contribution in [0.2, 0.25) is 5.02 Å². The van der Waals surface area contributed by atoms with Gasteiger partial charge in [-0.05, 0) is 17.7 Å². The highest BCUT2D eigenvalue weighted by Gasteiger charge is 2.15. The first-order valence-electron chi connectivity index (χ1n) is 5.69. The molecule has 1 heterocycles. The van der Waals surface area contributed by atoms with Gasteiger partial charge < -0.3 is 10.5 Å². The van der Waals surface area contributed by atoms with Gasteiger partial charge in [0.2, 0.25) is 0 Å².